The van der Waals surface area contributed by atoms with E-state index in [9.17, 15) is 14.9 Å². The van der Waals surface area contributed by atoms with Gasteiger partial charge in [-0.25, -0.2) is 4.79 Å². The first-order valence-corrected chi connectivity index (χ1v) is 6.02. The Morgan fingerprint density at radius 2 is 2.24 bits per heavy atom. The van der Waals surface area contributed by atoms with Crippen molar-refractivity contribution in [1.82, 2.24) is 0 Å². The SMILES string of the molecule is CCC(C)Sc1cc(C(=O)O)ccc1[N+](=O)[O-]. The molecule has 0 spiro atoms. The van der Waals surface area contributed by atoms with E-state index in [1.54, 1.807) is 0 Å². The topological polar surface area (TPSA) is 80.4 Å². The van der Waals surface area contributed by atoms with Crippen molar-refractivity contribution < 1.29 is 14.8 Å². The van der Waals surface area contributed by atoms with Crippen LogP contribution >= 0.6 is 11.8 Å². The molecular formula is C11H13NO4S. The lowest BCUT2D eigenvalue weighted by molar-refractivity contribution is -0.387. The Kier molecular flexibility index (Phi) is 4.51. The van der Waals surface area contributed by atoms with Gasteiger partial charge in [-0.15, -0.1) is 11.8 Å². The summed E-state index contributed by atoms with van der Waals surface area (Å²) in [7, 11) is 0. The van der Waals surface area contributed by atoms with Crippen molar-refractivity contribution in [3.8, 4) is 0 Å². The minimum atomic E-state index is -1.08. The zero-order valence-corrected chi connectivity index (χ0v) is 10.4. The molecule has 0 aliphatic carbocycles. The second-order valence-corrected chi connectivity index (χ2v) is 5.06. The van der Waals surface area contributed by atoms with Gasteiger partial charge < -0.3 is 5.11 Å². The minimum absolute atomic E-state index is 0.0414. The fourth-order valence-corrected chi connectivity index (χ4v) is 2.25. The predicted octanol–water partition coefficient (Wildman–Crippen LogP) is 3.18. The van der Waals surface area contributed by atoms with E-state index in [2.05, 4.69) is 0 Å². The summed E-state index contributed by atoms with van der Waals surface area (Å²) in [4.78, 5) is 21.5. The summed E-state index contributed by atoms with van der Waals surface area (Å²) in [5.74, 6) is -1.08. The molecule has 0 bridgehead atoms. The molecule has 0 fully saturated rings. The van der Waals surface area contributed by atoms with Gasteiger partial charge in [-0.3, -0.25) is 10.1 Å². The Morgan fingerprint density at radius 1 is 1.59 bits per heavy atom. The Hall–Kier alpha value is -1.56. The monoisotopic (exact) mass is 255 g/mol. The first kappa shape index (κ1) is 13.5. The molecule has 5 nitrogen and oxygen atoms in total. The van der Waals surface area contributed by atoms with Crippen molar-refractivity contribution in [3.05, 3.63) is 33.9 Å². The number of carboxylic acid groups (broad SMARTS) is 1. The molecule has 0 saturated carbocycles. The van der Waals surface area contributed by atoms with Crippen LogP contribution < -0.4 is 0 Å². The standard InChI is InChI=1S/C11H13NO4S/c1-3-7(2)17-10-6-8(11(13)14)4-5-9(10)12(15)16/h4-7H,3H2,1-2H3,(H,13,14). The van der Waals surface area contributed by atoms with Gasteiger partial charge in [-0.1, -0.05) is 13.8 Å². The summed E-state index contributed by atoms with van der Waals surface area (Å²) in [5, 5.41) is 19.9. The van der Waals surface area contributed by atoms with Crippen molar-refractivity contribution in [2.45, 2.75) is 30.4 Å². The molecule has 1 rings (SSSR count). The van der Waals surface area contributed by atoms with Gasteiger partial charge in [0, 0.05) is 11.3 Å². The van der Waals surface area contributed by atoms with Gasteiger partial charge in [0.05, 0.1) is 15.4 Å². The number of nitro groups is 1. The summed E-state index contributed by atoms with van der Waals surface area (Å²) in [5.41, 5.74) is 0.0294. The van der Waals surface area contributed by atoms with Gasteiger partial charge in [0.1, 0.15) is 0 Å². The number of nitrogens with zero attached hydrogens (tertiary/aromatic N) is 1. The molecule has 1 atom stereocenters. The highest BCUT2D eigenvalue weighted by molar-refractivity contribution is 8.00. The number of rotatable bonds is 5. The lowest BCUT2D eigenvalue weighted by Crippen LogP contribution is -2.01. The third kappa shape index (κ3) is 3.45. The van der Waals surface area contributed by atoms with Crippen molar-refractivity contribution in [3.63, 3.8) is 0 Å². The average molecular weight is 255 g/mol. The number of aromatic carboxylic acids is 1. The molecule has 0 heterocycles. The number of benzene rings is 1. The fraction of sp³-hybridized carbons (Fsp3) is 0.364. The molecule has 1 unspecified atom stereocenters. The summed E-state index contributed by atoms with van der Waals surface area (Å²) < 4.78 is 0. The molecule has 17 heavy (non-hydrogen) atoms. The van der Waals surface area contributed by atoms with E-state index in [1.807, 2.05) is 13.8 Å². The van der Waals surface area contributed by atoms with Crippen molar-refractivity contribution in [2.75, 3.05) is 0 Å². The highest BCUT2D eigenvalue weighted by Gasteiger charge is 2.18. The van der Waals surface area contributed by atoms with Crippen LogP contribution in [0.1, 0.15) is 30.6 Å². The average Bonchev–Trinajstić information content (AvgIpc) is 2.28. The molecule has 1 aromatic rings. The van der Waals surface area contributed by atoms with Crippen LogP contribution in [0.15, 0.2) is 23.1 Å². The van der Waals surface area contributed by atoms with Gasteiger partial charge in [0.25, 0.3) is 5.69 Å². The first-order valence-electron chi connectivity index (χ1n) is 5.14. The van der Waals surface area contributed by atoms with E-state index < -0.39 is 10.9 Å². The molecule has 0 aliphatic heterocycles. The normalized spacial score (nSPS) is 12.1. The van der Waals surface area contributed by atoms with Gasteiger partial charge in [0.2, 0.25) is 0 Å². The highest BCUT2D eigenvalue weighted by atomic mass is 32.2. The van der Waals surface area contributed by atoms with Crippen LogP contribution in [0.25, 0.3) is 0 Å². The Balaban J connectivity index is 3.15. The fourth-order valence-electron chi connectivity index (χ4n) is 1.19. The minimum Gasteiger partial charge on any atom is -0.478 e. The van der Waals surface area contributed by atoms with Crippen molar-refractivity contribution in [1.29, 1.82) is 0 Å². The first-order chi connectivity index (χ1) is 7.95. The molecule has 1 aromatic carbocycles. The summed E-state index contributed by atoms with van der Waals surface area (Å²) >= 11 is 1.33. The van der Waals surface area contributed by atoms with Crippen LogP contribution in [0.3, 0.4) is 0 Å². The van der Waals surface area contributed by atoms with Crippen LogP contribution in [0.5, 0.6) is 0 Å². The Labute approximate surface area is 103 Å². The third-order valence-electron chi connectivity index (χ3n) is 2.31. The van der Waals surface area contributed by atoms with E-state index in [1.165, 1.54) is 30.0 Å². The molecule has 0 aromatic heterocycles. The van der Waals surface area contributed by atoms with E-state index in [-0.39, 0.29) is 16.5 Å². The number of thioether (sulfide) groups is 1. The number of carbonyl (C=O) groups is 1. The lowest BCUT2D eigenvalue weighted by atomic mass is 10.2. The van der Waals surface area contributed by atoms with Crippen LogP contribution in [0.4, 0.5) is 5.69 Å². The van der Waals surface area contributed by atoms with E-state index >= 15 is 0 Å². The number of hydrogen-bond donors (Lipinski definition) is 1. The Bertz CT molecular complexity index is 447. The molecule has 0 radical (unpaired) electrons. The summed E-state index contributed by atoms with van der Waals surface area (Å²) in [6.07, 6.45) is 0.860. The van der Waals surface area contributed by atoms with E-state index in [0.29, 0.717) is 4.90 Å². The summed E-state index contributed by atoms with van der Waals surface area (Å²) in [6.45, 7) is 3.92. The zero-order valence-electron chi connectivity index (χ0n) is 9.54. The van der Waals surface area contributed by atoms with Crippen molar-refractivity contribution in [2.24, 2.45) is 0 Å². The van der Waals surface area contributed by atoms with Gasteiger partial charge in [-0.2, -0.15) is 0 Å². The predicted molar refractivity (Wildman–Crippen MR) is 65.7 cm³/mol. The number of nitro benzene ring substituents is 1. The molecule has 0 amide bonds. The quantitative estimate of drug-likeness (QED) is 0.496. The van der Waals surface area contributed by atoms with E-state index in [0.717, 1.165) is 6.42 Å². The lowest BCUT2D eigenvalue weighted by Gasteiger charge is -2.09. The third-order valence-corrected chi connectivity index (χ3v) is 3.62. The van der Waals surface area contributed by atoms with Crippen LogP contribution in [0, 0.1) is 10.1 Å². The Morgan fingerprint density at radius 3 is 2.71 bits per heavy atom. The van der Waals surface area contributed by atoms with Crippen LogP contribution in [0.2, 0.25) is 0 Å². The maximum atomic E-state index is 10.8. The second-order valence-electron chi connectivity index (χ2n) is 3.58. The number of hydrogen-bond acceptors (Lipinski definition) is 4. The summed E-state index contributed by atoms with van der Waals surface area (Å²) in [6, 6.07) is 3.85. The molecule has 1 N–H and O–H groups in total. The second kappa shape index (κ2) is 5.67. The maximum absolute atomic E-state index is 10.8. The largest absolute Gasteiger partial charge is 0.478 e. The highest BCUT2D eigenvalue weighted by Crippen LogP contribution is 2.33. The van der Waals surface area contributed by atoms with Gasteiger partial charge in [-0.05, 0) is 18.6 Å². The van der Waals surface area contributed by atoms with Crippen LogP contribution in [-0.4, -0.2) is 21.2 Å². The molecular weight excluding hydrogens is 242 g/mol. The van der Waals surface area contributed by atoms with Gasteiger partial charge >= 0.3 is 5.97 Å². The molecule has 92 valence electrons. The van der Waals surface area contributed by atoms with Crippen molar-refractivity contribution >= 4 is 23.4 Å². The van der Waals surface area contributed by atoms with Crippen LogP contribution in [-0.2, 0) is 0 Å². The molecule has 0 aliphatic rings. The zero-order chi connectivity index (χ0) is 13.0. The molecule has 0 saturated heterocycles. The molecule has 6 heteroatoms. The van der Waals surface area contributed by atoms with E-state index in [4.69, 9.17) is 5.11 Å². The number of carboxylic acids is 1. The smallest absolute Gasteiger partial charge is 0.335 e. The maximum Gasteiger partial charge on any atom is 0.335 e. The van der Waals surface area contributed by atoms with Gasteiger partial charge in [0.15, 0.2) is 0 Å².